The highest BCUT2D eigenvalue weighted by Gasteiger charge is 2.49. The van der Waals surface area contributed by atoms with Gasteiger partial charge in [0.25, 0.3) is 0 Å². The molecular formula is C28H57N7O6Si2. The average molecular weight is 644 g/mol. The summed E-state index contributed by atoms with van der Waals surface area (Å²) in [5.41, 5.74) is 17.7. The number of nitrogens with zero attached hydrogens (tertiary/aromatic N) is 6. The minimum Gasteiger partial charge on any atom is -0.452 e. The summed E-state index contributed by atoms with van der Waals surface area (Å²) in [6.07, 6.45) is -2.72. The summed E-state index contributed by atoms with van der Waals surface area (Å²) in [6, 6.07) is -0.796. The van der Waals surface area contributed by atoms with Gasteiger partial charge in [-0.25, -0.2) is 0 Å². The van der Waals surface area contributed by atoms with Crippen LogP contribution in [0.15, 0.2) is 10.2 Å². The lowest BCUT2D eigenvalue weighted by molar-refractivity contribution is -0.221. The van der Waals surface area contributed by atoms with Crippen molar-refractivity contribution in [2.24, 2.45) is 22.1 Å². The maximum absolute atomic E-state index is 9.87. The van der Waals surface area contributed by atoms with Gasteiger partial charge < -0.3 is 28.2 Å². The molecule has 2 unspecified atom stereocenters. The van der Waals surface area contributed by atoms with Crippen LogP contribution in [0, 0.1) is 17.2 Å². The third-order valence-corrected chi connectivity index (χ3v) is 18.3. The number of aliphatic hydroxyl groups excluding tert-OH is 1. The smallest absolute Gasteiger partial charge is 0.204 e. The molecule has 0 aliphatic carbocycles. The van der Waals surface area contributed by atoms with Crippen molar-refractivity contribution in [3.8, 4) is 0 Å². The first kappa shape index (κ1) is 39.3. The Hall–Kier alpha value is -1.68. The summed E-state index contributed by atoms with van der Waals surface area (Å²) < 4.78 is 29.7. The van der Waals surface area contributed by atoms with Crippen molar-refractivity contribution in [1.82, 2.24) is 0 Å². The van der Waals surface area contributed by atoms with Crippen LogP contribution in [0.3, 0.4) is 0 Å². The molecule has 248 valence electrons. The highest BCUT2D eigenvalue weighted by atomic mass is 28.4. The second-order valence-corrected chi connectivity index (χ2v) is 24.4. The zero-order chi connectivity index (χ0) is 33.7. The maximum atomic E-state index is 9.87. The Morgan fingerprint density at radius 2 is 1.14 bits per heavy atom. The molecule has 2 fully saturated rings. The van der Waals surface area contributed by atoms with Crippen molar-refractivity contribution >= 4 is 22.5 Å². The topological polar surface area (TPSA) is 188 Å². The summed E-state index contributed by atoms with van der Waals surface area (Å²) in [5.74, 6) is -0.397. The molecule has 2 saturated heterocycles. The summed E-state index contributed by atoms with van der Waals surface area (Å²) >= 11 is 0. The number of azide groups is 2. The van der Waals surface area contributed by atoms with Crippen molar-refractivity contribution < 1.29 is 28.2 Å². The molecule has 0 radical (unpaired) electrons. The van der Waals surface area contributed by atoms with Crippen molar-refractivity contribution in [1.29, 1.82) is 5.41 Å². The van der Waals surface area contributed by atoms with Crippen LogP contribution in [-0.2, 0) is 23.1 Å². The van der Waals surface area contributed by atoms with E-state index in [-0.39, 0.29) is 58.3 Å². The third-order valence-electron chi connectivity index (χ3n) is 9.39. The van der Waals surface area contributed by atoms with Crippen LogP contribution >= 0.6 is 0 Å². The quantitative estimate of drug-likeness (QED) is 0.0708. The second kappa shape index (κ2) is 15.1. The number of hydrogen-bond acceptors (Lipinski definition) is 9. The van der Waals surface area contributed by atoms with E-state index in [0.717, 1.165) is 0 Å². The summed E-state index contributed by atoms with van der Waals surface area (Å²) in [6.45, 7) is 30.7. The maximum Gasteiger partial charge on any atom is 0.204 e. The molecule has 0 bridgehead atoms. The Bertz CT molecular complexity index is 1040. The minimum atomic E-state index is -2.03. The first-order valence-corrected chi connectivity index (χ1v) is 20.9. The first-order valence-electron chi connectivity index (χ1n) is 15.1. The van der Waals surface area contributed by atoms with E-state index in [2.05, 4.69) is 87.8 Å². The van der Waals surface area contributed by atoms with Gasteiger partial charge in [0.15, 0.2) is 28.8 Å². The van der Waals surface area contributed by atoms with Crippen LogP contribution in [0.2, 0.25) is 36.3 Å². The van der Waals surface area contributed by atoms with E-state index >= 15 is 0 Å². The van der Waals surface area contributed by atoms with Crippen LogP contribution < -0.4 is 0 Å². The van der Waals surface area contributed by atoms with E-state index in [9.17, 15) is 5.11 Å². The molecule has 0 spiro atoms. The van der Waals surface area contributed by atoms with E-state index in [0.29, 0.717) is 0 Å². The highest BCUT2D eigenvalue weighted by Crippen LogP contribution is 2.42. The lowest BCUT2D eigenvalue weighted by atomic mass is 9.91. The number of rotatable bonds is 7. The molecule has 10 atom stereocenters. The molecule has 43 heavy (non-hydrogen) atoms. The van der Waals surface area contributed by atoms with Crippen LogP contribution in [-0.4, -0.2) is 76.7 Å². The normalized spacial score (nSPS) is 33.7. The Kier molecular flexibility index (Phi) is 13.8. The van der Waals surface area contributed by atoms with Gasteiger partial charge >= 0.3 is 0 Å². The summed E-state index contributed by atoms with van der Waals surface area (Å²) in [5, 5.41) is 25.3. The number of ether oxygens (including phenoxy) is 3. The van der Waals surface area contributed by atoms with E-state index < -0.39 is 35.3 Å². The number of hydrogen-bond donors (Lipinski definition) is 2. The molecule has 0 aromatic carbocycles. The average Bonchev–Trinajstić information content (AvgIpc) is 2.83. The largest absolute Gasteiger partial charge is 0.452 e. The lowest BCUT2D eigenvalue weighted by Crippen LogP contribution is -2.58. The van der Waals surface area contributed by atoms with Crippen molar-refractivity contribution in [2.45, 2.75) is 162 Å². The Morgan fingerprint density at radius 1 is 0.767 bits per heavy atom. The van der Waals surface area contributed by atoms with Gasteiger partial charge in [-0.1, -0.05) is 65.6 Å². The molecule has 0 aromatic rings. The van der Waals surface area contributed by atoms with Gasteiger partial charge in [0.2, 0.25) is 6.29 Å². The minimum absolute atomic E-state index is 0.0513. The molecule has 0 aromatic heterocycles. The molecular weight excluding hydrogens is 587 g/mol. The predicted octanol–water partition coefficient (Wildman–Crippen LogP) is 7.88. The zero-order valence-corrected chi connectivity index (χ0v) is 30.9. The number of nitrogens with one attached hydrogen (secondary N) is 1. The fraction of sp³-hybridized carbons (Fsp3) is 0.964. The molecule has 2 N–H and O–H groups in total. The monoisotopic (exact) mass is 643 g/mol. The van der Waals surface area contributed by atoms with Gasteiger partial charge in [0.05, 0.1) is 36.5 Å². The van der Waals surface area contributed by atoms with Crippen molar-refractivity contribution in [2.75, 3.05) is 0 Å². The van der Waals surface area contributed by atoms with E-state index in [1.807, 2.05) is 27.7 Å². The third kappa shape index (κ3) is 10.2. The SMILES string of the molecule is CC(=N)OC1O[C@H](C)[C@@H](O[Si](C)(C)C(C)(C)C)[C@H](N=[N+]=[N-])[C@H]1C.C[C@H]1OC(O)[C@H](C)[C@@H](N=[N+]=[N-])[C@@H]1O[Si](C)(C)C(C)(C)C. The predicted molar refractivity (Wildman–Crippen MR) is 174 cm³/mol. The molecule has 0 saturated carbocycles. The van der Waals surface area contributed by atoms with Crippen LogP contribution in [0.4, 0.5) is 0 Å². The molecule has 13 nitrogen and oxygen atoms in total. The fourth-order valence-corrected chi connectivity index (χ4v) is 7.18. The highest BCUT2D eigenvalue weighted by molar-refractivity contribution is 6.74. The summed E-state index contributed by atoms with van der Waals surface area (Å²) in [4.78, 5) is 5.91. The van der Waals surface area contributed by atoms with Crippen LogP contribution in [0.25, 0.3) is 20.9 Å². The zero-order valence-electron chi connectivity index (χ0n) is 28.9. The van der Waals surface area contributed by atoms with Gasteiger partial charge in [-0.3, -0.25) is 5.41 Å². The van der Waals surface area contributed by atoms with Crippen molar-refractivity contribution in [3.05, 3.63) is 20.9 Å². The molecule has 2 rings (SSSR count). The standard InChI is InChI=1S/C15H30N4O3Si.C13H27N3O3Si/c1-9-12(18-19-17)13(22-23(7,8)15(4,5)6)10(2)20-14(9)21-11(3)16;1-8-10(15-16-14)11(9(2)18-12(8)17)19-20(6,7)13(3,4)5/h9-10,12-14,16H,1-8H3;8-12,17H,1-7H3/t9-,10-,12-,13-,14?;8-,9-,10-,11-,12?/m11/s1. The molecule has 0 amide bonds. The number of aliphatic hydroxyl groups is 1. The van der Waals surface area contributed by atoms with E-state index in [1.54, 1.807) is 6.92 Å². The summed E-state index contributed by atoms with van der Waals surface area (Å²) in [7, 11) is -4.04. The Labute approximate surface area is 260 Å². The second-order valence-electron chi connectivity index (χ2n) is 14.9. The fourth-order valence-electron chi connectivity index (χ4n) is 4.45. The van der Waals surface area contributed by atoms with Crippen molar-refractivity contribution in [3.63, 3.8) is 0 Å². The Morgan fingerprint density at radius 3 is 1.49 bits per heavy atom. The van der Waals surface area contributed by atoms with Gasteiger partial charge in [0.1, 0.15) is 0 Å². The van der Waals surface area contributed by atoms with E-state index in [1.165, 1.54) is 0 Å². The molecule has 15 heteroatoms. The molecule has 2 aliphatic rings. The molecule has 2 aliphatic heterocycles. The molecule has 2 heterocycles. The first-order chi connectivity index (χ1) is 19.4. The van der Waals surface area contributed by atoms with Gasteiger partial charge in [-0.05, 0) is 61.2 Å². The van der Waals surface area contributed by atoms with Crippen LogP contribution in [0.1, 0.15) is 76.2 Å². The van der Waals surface area contributed by atoms with Gasteiger partial charge in [-0.15, -0.1) is 0 Å². The lowest BCUT2D eigenvalue weighted by Gasteiger charge is -2.47. The van der Waals surface area contributed by atoms with E-state index in [4.69, 9.17) is 39.5 Å². The van der Waals surface area contributed by atoms with Crippen LogP contribution in [0.5, 0.6) is 0 Å². The van der Waals surface area contributed by atoms with Gasteiger partial charge in [0, 0.05) is 28.6 Å². The van der Waals surface area contributed by atoms with Gasteiger partial charge in [-0.2, -0.15) is 0 Å². The Balaban J connectivity index is 0.000000434.